The van der Waals surface area contributed by atoms with Gasteiger partial charge >= 0.3 is 0 Å². The number of hydrogen-bond acceptors (Lipinski definition) is 6. The summed E-state index contributed by atoms with van der Waals surface area (Å²) in [6.07, 6.45) is 1.69. The first kappa shape index (κ1) is 25.6. The number of nitrogens with zero attached hydrogens (tertiary/aromatic N) is 3. The number of rotatable bonds is 10. The number of carbonyl (C=O) groups excluding carboxylic acids is 2. The third-order valence-electron chi connectivity index (χ3n) is 4.66. The van der Waals surface area contributed by atoms with Gasteiger partial charge in [0.1, 0.15) is 5.75 Å². The van der Waals surface area contributed by atoms with Crippen LogP contribution in [-0.4, -0.2) is 39.4 Å². The normalized spacial score (nSPS) is 10.6. The Balaban J connectivity index is 1.63. The number of halogens is 2. The fraction of sp³-hybridized carbons (Fsp3) is 0.217. The van der Waals surface area contributed by atoms with Crippen LogP contribution >= 0.6 is 35.0 Å². The lowest BCUT2D eigenvalue weighted by atomic mass is 10.2. The van der Waals surface area contributed by atoms with Gasteiger partial charge in [-0.3, -0.25) is 9.59 Å². The minimum absolute atomic E-state index is 0.113. The van der Waals surface area contributed by atoms with Crippen molar-refractivity contribution < 1.29 is 14.3 Å². The van der Waals surface area contributed by atoms with Crippen molar-refractivity contribution >= 4 is 52.5 Å². The van der Waals surface area contributed by atoms with Crippen LogP contribution in [0.2, 0.25) is 10.0 Å². The quantitative estimate of drug-likeness (QED) is 0.296. The molecule has 34 heavy (non-hydrogen) atoms. The van der Waals surface area contributed by atoms with Crippen molar-refractivity contribution in [3.8, 4) is 5.75 Å². The summed E-state index contributed by atoms with van der Waals surface area (Å²) in [5, 5.41) is 15.2. The summed E-state index contributed by atoms with van der Waals surface area (Å²) in [7, 11) is 1.55. The maximum absolute atomic E-state index is 12.5. The number of allylic oxidation sites excluding steroid dienone is 1. The van der Waals surface area contributed by atoms with Gasteiger partial charge in [-0.15, -0.1) is 16.8 Å². The highest BCUT2D eigenvalue weighted by molar-refractivity contribution is 7.99. The highest BCUT2D eigenvalue weighted by atomic mass is 35.5. The summed E-state index contributed by atoms with van der Waals surface area (Å²) in [5.74, 6) is 0.682. The molecule has 178 valence electrons. The van der Waals surface area contributed by atoms with Gasteiger partial charge in [0.05, 0.1) is 35.1 Å². The zero-order valence-electron chi connectivity index (χ0n) is 18.6. The van der Waals surface area contributed by atoms with Gasteiger partial charge < -0.3 is 19.9 Å². The third-order valence-corrected chi connectivity index (χ3v) is 6.36. The molecule has 0 saturated heterocycles. The van der Waals surface area contributed by atoms with Gasteiger partial charge in [-0.25, -0.2) is 0 Å². The Morgan fingerprint density at radius 3 is 2.68 bits per heavy atom. The molecule has 1 aromatic heterocycles. The molecule has 2 aromatic carbocycles. The molecule has 0 aliphatic carbocycles. The molecular weight excluding hydrogens is 497 g/mol. The maximum Gasteiger partial charge on any atom is 0.251 e. The lowest BCUT2D eigenvalue weighted by Gasteiger charge is -2.11. The van der Waals surface area contributed by atoms with Gasteiger partial charge in [-0.1, -0.05) is 47.1 Å². The van der Waals surface area contributed by atoms with Gasteiger partial charge in [0.25, 0.3) is 5.91 Å². The zero-order chi connectivity index (χ0) is 24.7. The molecule has 0 unspecified atom stereocenters. The van der Waals surface area contributed by atoms with Crippen LogP contribution in [0, 0.1) is 6.92 Å². The maximum atomic E-state index is 12.5. The average Bonchev–Trinajstić information content (AvgIpc) is 3.19. The number of carbonyl (C=O) groups is 2. The monoisotopic (exact) mass is 519 g/mol. The Labute approximate surface area is 211 Å². The summed E-state index contributed by atoms with van der Waals surface area (Å²) in [6, 6.07) is 10.2. The second-order valence-corrected chi connectivity index (χ2v) is 8.91. The number of aromatic nitrogens is 3. The van der Waals surface area contributed by atoms with Gasteiger partial charge in [0.2, 0.25) is 5.91 Å². The summed E-state index contributed by atoms with van der Waals surface area (Å²) in [4.78, 5) is 25.0. The van der Waals surface area contributed by atoms with Crippen LogP contribution < -0.4 is 15.4 Å². The lowest BCUT2D eigenvalue weighted by molar-refractivity contribution is -0.113. The van der Waals surface area contributed by atoms with E-state index in [0.717, 1.165) is 5.56 Å². The van der Waals surface area contributed by atoms with Crippen LogP contribution in [0.1, 0.15) is 21.7 Å². The molecule has 0 spiro atoms. The van der Waals surface area contributed by atoms with E-state index in [0.29, 0.717) is 44.6 Å². The molecule has 3 rings (SSSR count). The predicted octanol–water partition coefficient (Wildman–Crippen LogP) is 4.75. The van der Waals surface area contributed by atoms with E-state index in [2.05, 4.69) is 27.4 Å². The van der Waals surface area contributed by atoms with Crippen LogP contribution in [0.3, 0.4) is 0 Å². The first-order valence-corrected chi connectivity index (χ1v) is 11.9. The Bertz CT molecular complexity index is 1220. The largest absolute Gasteiger partial charge is 0.495 e. The molecule has 0 aliphatic rings. The SMILES string of the molecule is C=CCn1c(CNC(=O)c2ccc(Cl)c(Cl)c2)nnc1SCC(=O)Nc1cc(C)ccc1OC. The van der Waals surface area contributed by atoms with Gasteiger partial charge in [-0.05, 0) is 42.8 Å². The molecule has 11 heteroatoms. The molecule has 0 fully saturated rings. The van der Waals surface area contributed by atoms with Crippen molar-refractivity contribution in [3.63, 3.8) is 0 Å². The molecule has 0 saturated carbocycles. The highest BCUT2D eigenvalue weighted by Gasteiger charge is 2.16. The summed E-state index contributed by atoms with van der Waals surface area (Å²) >= 11 is 13.1. The van der Waals surface area contributed by atoms with E-state index < -0.39 is 0 Å². The topological polar surface area (TPSA) is 98.1 Å². The van der Waals surface area contributed by atoms with E-state index >= 15 is 0 Å². The van der Waals surface area contributed by atoms with E-state index in [9.17, 15) is 9.59 Å². The molecule has 1 heterocycles. The molecule has 3 aromatic rings. The minimum atomic E-state index is -0.326. The molecule has 8 nitrogen and oxygen atoms in total. The zero-order valence-corrected chi connectivity index (χ0v) is 20.9. The van der Waals surface area contributed by atoms with E-state index in [1.807, 2.05) is 19.1 Å². The Morgan fingerprint density at radius 2 is 1.97 bits per heavy atom. The standard InChI is InChI=1S/C23H23Cl2N5O3S/c1-4-9-30-20(12-26-22(32)15-6-7-16(24)17(25)11-15)28-29-23(30)34-13-21(31)27-18-10-14(2)5-8-19(18)33-3/h4-8,10-11H,1,9,12-13H2,2-3H3,(H,26,32)(H,27,31). The van der Waals surface area contributed by atoms with Gasteiger partial charge in [0, 0.05) is 12.1 Å². The van der Waals surface area contributed by atoms with Crippen molar-refractivity contribution in [2.75, 3.05) is 18.2 Å². The number of anilines is 1. The number of methoxy groups -OCH3 is 1. The fourth-order valence-corrected chi connectivity index (χ4v) is 4.07. The van der Waals surface area contributed by atoms with Crippen LogP contribution in [-0.2, 0) is 17.9 Å². The van der Waals surface area contributed by atoms with E-state index in [1.165, 1.54) is 17.8 Å². The number of ether oxygens (including phenoxy) is 1. The summed E-state index contributed by atoms with van der Waals surface area (Å²) in [5.41, 5.74) is 1.98. The molecule has 0 radical (unpaired) electrons. The van der Waals surface area contributed by atoms with E-state index in [-0.39, 0.29) is 24.1 Å². The molecule has 0 aliphatic heterocycles. The van der Waals surface area contributed by atoms with Crippen molar-refractivity contribution in [2.24, 2.45) is 0 Å². The number of nitrogens with one attached hydrogen (secondary N) is 2. The second-order valence-electron chi connectivity index (χ2n) is 7.15. The summed E-state index contributed by atoms with van der Waals surface area (Å²) in [6.45, 7) is 6.25. The fourth-order valence-electron chi connectivity index (χ4n) is 3.00. The number of thioether (sulfide) groups is 1. The van der Waals surface area contributed by atoms with E-state index in [1.54, 1.807) is 36.0 Å². The van der Waals surface area contributed by atoms with Crippen LogP contribution in [0.25, 0.3) is 0 Å². The van der Waals surface area contributed by atoms with Crippen LogP contribution in [0.4, 0.5) is 5.69 Å². The highest BCUT2D eigenvalue weighted by Crippen LogP contribution is 2.26. The number of aryl methyl sites for hydroxylation is 1. The minimum Gasteiger partial charge on any atom is -0.495 e. The molecule has 2 N–H and O–H groups in total. The third kappa shape index (κ3) is 6.53. The van der Waals surface area contributed by atoms with Crippen molar-refractivity contribution in [2.45, 2.75) is 25.2 Å². The smallest absolute Gasteiger partial charge is 0.251 e. The van der Waals surface area contributed by atoms with Crippen molar-refractivity contribution in [3.05, 3.63) is 76.0 Å². The summed E-state index contributed by atoms with van der Waals surface area (Å²) < 4.78 is 7.09. The average molecular weight is 520 g/mol. The Kier molecular flexibility index (Phi) is 8.98. The van der Waals surface area contributed by atoms with Crippen LogP contribution in [0.15, 0.2) is 54.2 Å². The van der Waals surface area contributed by atoms with Crippen LogP contribution in [0.5, 0.6) is 5.75 Å². The lowest BCUT2D eigenvalue weighted by Crippen LogP contribution is -2.25. The van der Waals surface area contributed by atoms with E-state index in [4.69, 9.17) is 27.9 Å². The number of benzene rings is 2. The number of hydrogen-bond donors (Lipinski definition) is 2. The van der Waals surface area contributed by atoms with Gasteiger partial charge in [-0.2, -0.15) is 0 Å². The molecule has 0 atom stereocenters. The molecule has 2 amide bonds. The first-order valence-electron chi connectivity index (χ1n) is 10.2. The Morgan fingerprint density at radius 1 is 1.18 bits per heavy atom. The predicted molar refractivity (Wildman–Crippen MR) is 135 cm³/mol. The van der Waals surface area contributed by atoms with Crippen molar-refractivity contribution in [1.82, 2.24) is 20.1 Å². The first-order chi connectivity index (χ1) is 16.3. The number of amides is 2. The molecule has 0 bridgehead atoms. The van der Waals surface area contributed by atoms with Crippen molar-refractivity contribution in [1.29, 1.82) is 0 Å². The Hall–Kier alpha value is -3.01. The second kappa shape index (κ2) is 11.9. The molecular formula is C23H23Cl2N5O3S. The van der Waals surface area contributed by atoms with Gasteiger partial charge in [0.15, 0.2) is 11.0 Å².